The van der Waals surface area contributed by atoms with Crippen LogP contribution in [0, 0.1) is 0 Å². The molecule has 0 aromatic heterocycles. The first-order valence-electron chi connectivity index (χ1n) is 10.3. The summed E-state index contributed by atoms with van der Waals surface area (Å²) in [5, 5.41) is 6.93. The van der Waals surface area contributed by atoms with E-state index in [4.69, 9.17) is 18.9 Å². The van der Waals surface area contributed by atoms with Crippen molar-refractivity contribution in [3.63, 3.8) is 0 Å². The number of guanidine groups is 1. The molecular formula is C21H34IN3O4. The zero-order valence-corrected chi connectivity index (χ0v) is 19.8. The maximum atomic E-state index is 5.64. The summed E-state index contributed by atoms with van der Waals surface area (Å²) < 4.78 is 22.1. The maximum absolute atomic E-state index is 5.64. The van der Waals surface area contributed by atoms with Gasteiger partial charge < -0.3 is 29.6 Å². The Kier molecular flexibility index (Phi) is 10.3. The van der Waals surface area contributed by atoms with Gasteiger partial charge in [-0.1, -0.05) is 6.07 Å². The maximum Gasteiger partial charge on any atom is 0.231 e. The Morgan fingerprint density at radius 1 is 1.14 bits per heavy atom. The molecule has 2 aliphatic rings. The predicted octanol–water partition coefficient (Wildman–Crippen LogP) is 3.06. The zero-order valence-electron chi connectivity index (χ0n) is 17.5. The van der Waals surface area contributed by atoms with Gasteiger partial charge in [0.2, 0.25) is 6.79 Å². The molecule has 7 nitrogen and oxygen atoms in total. The van der Waals surface area contributed by atoms with Crippen LogP contribution < -0.4 is 20.1 Å². The number of unbranched alkanes of at least 4 members (excludes halogenated alkanes) is 1. The van der Waals surface area contributed by atoms with E-state index in [1.807, 2.05) is 20.0 Å². The summed E-state index contributed by atoms with van der Waals surface area (Å²) >= 11 is 0. The highest BCUT2D eigenvalue weighted by atomic mass is 127. The van der Waals surface area contributed by atoms with Gasteiger partial charge in [0.1, 0.15) is 0 Å². The van der Waals surface area contributed by atoms with Crippen LogP contribution in [0.15, 0.2) is 23.2 Å². The number of aliphatic imine (C=N–C) groups is 1. The van der Waals surface area contributed by atoms with Gasteiger partial charge in [0.15, 0.2) is 17.5 Å². The molecule has 1 aromatic carbocycles. The Labute approximate surface area is 190 Å². The van der Waals surface area contributed by atoms with Crippen molar-refractivity contribution in [3.05, 3.63) is 23.8 Å². The molecule has 0 atom stereocenters. The Hall–Kier alpha value is -1.26. The van der Waals surface area contributed by atoms with Crippen molar-refractivity contribution in [2.75, 3.05) is 53.4 Å². The van der Waals surface area contributed by atoms with E-state index in [-0.39, 0.29) is 29.4 Å². The molecule has 164 valence electrons. The highest BCUT2D eigenvalue weighted by Gasteiger charge is 2.35. The second-order valence-electron chi connectivity index (χ2n) is 7.22. The molecule has 1 saturated heterocycles. The third kappa shape index (κ3) is 6.62. The van der Waals surface area contributed by atoms with E-state index < -0.39 is 0 Å². The van der Waals surface area contributed by atoms with Crippen LogP contribution in [-0.4, -0.2) is 59.3 Å². The lowest BCUT2D eigenvalue weighted by molar-refractivity contribution is 0.0513. The van der Waals surface area contributed by atoms with E-state index in [1.54, 1.807) is 0 Å². The van der Waals surface area contributed by atoms with E-state index in [1.165, 1.54) is 5.56 Å². The minimum Gasteiger partial charge on any atom is -0.454 e. The number of hydrogen-bond acceptors (Lipinski definition) is 5. The largest absolute Gasteiger partial charge is 0.454 e. The van der Waals surface area contributed by atoms with Gasteiger partial charge in [-0.05, 0) is 50.3 Å². The van der Waals surface area contributed by atoms with Crippen molar-refractivity contribution in [1.29, 1.82) is 0 Å². The third-order valence-corrected chi connectivity index (χ3v) is 5.46. The lowest BCUT2D eigenvalue weighted by atomic mass is 9.74. The molecule has 2 aliphatic heterocycles. The summed E-state index contributed by atoms with van der Waals surface area (Å²) in [6.45, 7) is 7.13. The Morgan fingerprint density at radius 2 is 1.93 bits per heavy atom. The smallest absolute Gasteiger partial charge is 0.231 e. The molecule has 0 aliphatic carbocycles. The second kappa shape index (κ2) is 12.4. The van der Waals surface area contributed by atoms with Crippen LogP contribution in [0.5, 0.6) is 11.5 Å². The minimum absolute atomic E-state index is 0. The summed E-state index contributed by atoms with van der Waals surface area (Å²) in [4.78, 5) is 4.38. The number of ether oxygens (including phenoxy) is 4. The fraction of sp³-hybridized carbons (Fsp3) is 0.667. The quantitative estimate of drug-likeness (QED) is 0.226. The Bertz CT molecular complexity index is 651. The molecule has 1 aromatic rings. The molecule has 29 heavy (non-hydrogen) atoms. The van der Waals surface area contributed by atoms with Crippen molar-refractivity contribution in [2.24, 2.45) is 4.99 Å². The first-order chi connectivity index (χ1) is 13.8. The molecule has 8 heteroatoms. The lowest BCUT2D eigenvalue weighted by Crippen LogP contribution is -2.48. The summed E-state index contributed by atoms with van der Waals surface area (Å²) in [6, 6.07) is 6.30. The van der Waals surface area contributed by atoms with Gasteiger partial charge in [-0.15, -0.1) is 24.0 Å². The van der Waals surface area contributed by atoms with Crippen LogP contribution in [0.3, 0.4) is 0 Å². The van der Waals surface area contributed by atoms with Crippen molar-refractivity contribution < 1.29 is 18.9 Å². The molecule has 1 fully saturated rings. The van der Waals surface area contributed by atoms with Crippen LogP contribution in [0.25, 0.3) is 0 Å². The molecule has 2 N–H and O–H groups in total. The Balaban J connectivity index is 0.00000300. The fourth-order valence-electron chi connectivity index (χ4n) is 3.71. The van der Waals surface area contributed by atoms with Gasteiger partial charge in [-0.25, -0.2) is 0 Å². The number of nitrogens with zero attached hydrogens (tertiary/aromatic N) is 1. The van der Waals surface area contributed by atoms with Gasteiger partial charge >= 0.3 is 0 Å². The van der Waals surface area contributed by atoms with Crippen LogP contribution in [0.1, 0.15) is 38.2 Å². The van der Waals surface area contributed by atoms with Crippen LogP contribution in [0.4, 0.5) is 0 Å². The van der Waals surface area contributed by atoms with Crippen molar-refractivity contribution in [2.45, 2.75) is 38.0 Å². The SMILES string of the molecule is CCOCCCCNC(=NC)NCC1(c2ccc3c(c2)OCO3)CCOCC1.I. The van der Waals surface area contributed by atoms with Crippen molar-refractivity contribution in [1.82, 2.24) is 10.6 Å². The molecular weight excluding hydrogens is 485 g/mol. The van der Waals surface area contributed by atoms with Crippen molar-refractivity contribution in [3.8, 4) is 11.5 Å². The second-order valence-corrected chi connectivity index (χ2v) is 7.22. The van der Waals surface area contributed by atoms with Gasteiger partial charge in [0.05, 0.1) is 0 Å². The molecule has 0 radical (unpaired) electrons. The normalized spacial score (nSPS) is 17.5. The number of fused-ring (bicyclic) bond motifs is 1. The Morgan fingerprint density at radius 3 is 2.69 bits per heavy atom. The molecule has 3 rings (SSSR count). The number of nitrogens with one attached hydrogen (secondary N) is 2. The summed E-state index contributed by atoms with van der Waals surface area (Å²) in [5.41, 5.74) is 1.26. The van der Waals surface area contributed by atoms with Crippen molar-refractivity contribution >= 4 is 29.9 Å². The standard InChI is InChI=1S/C21H33N3O4.HI/c1-3-25-11-5-4-10-23-20(22-2)24-15-21(8-12-26-13-9-21)17-6-7-18-19(14-17)28-16-27-18;/h6-7,14H,3-5,8-13,15-16H2,1-2H3,(H2,22,23,24);1H. The molecule has 0 saturated carbocycles. The summed E-state index contributed by atoms with van der Waals surface area (Å²) in [5.74, 6) is 2.49. The molecule has 0 unspecified atom stereocenters. The minimum atomic E-state index is -0.00812. The summed E-state index contributed by atoms with van der Waals surface area (Å²) in [7, 11) is 1.81. The predicted molar refractivity (Wildman–Crippen MR) is 125 cm³/mol. The van der Waals surface area contributed by atoms with Crippen LogP contribution >= 0.6 is 24.0 Å². The number of halogens is 1. The number of benzene rings is 1. The van der Waals surface area contributed by atoms with Crippen LogP contribution in [0.2, 0.25) is 0 Å². The number of hydrogen-bond donors (Lipinski definition) is 2. The zero-order chi connectivity index (χ0) is 19.7. The third-order valence-electron chi connectivity index (χ3n) is 5.46. The highest BCUT2D eigenvalue weighted by molar-refractivity contribution is 14.0. The highest BCUT2D eigenvalue weighted by Crippen LogP contribution is 2.40. The van der Waals surface area contributed by atoms with Gasteiger partial charge in [0.25, 0.3) is 0 Å². The van der Waals surface area contributed by atoms with Gasteiger partial charge in [-0.3, -0.25) is 4.99 Å². The van der Waals surface area contributed by atoms with E-state index in [9.17, 15) is 0 Å². The van der Waals surface area contributed by atoms with Gasteiger partial charge in [0, 0.05) is 52.0 Å². The summed E-state index contributed by atoms with van der Waals surface area (Å²) in [6.07, 6.45) is 4.04. The fourth-order valence-corrected chi connectivity index (χ4v) is 3.71. The first-order valence-corrected chi connectivity index (χ1v) is 10.3. The average molecular weight is 519 g/mol. The molecule has 0 spiro atoms. The molecule has 2 heterocycles. The van der Waals surface area contributed by atoms with Gasteiger partial charge in [-0.2, -0.15) is 0 Å². The van der Waals surface area contributed by atoms with Crippen LogP contribution in [-0.2, 0) is 14.9 Å². The topological polar surface area (TPSA) is 73.3 Å². The first kappa shape index (κ1) is 24.0. The molecule has 0 bridgehead atoms. The van der Waals surface area contributed by atoms with E-state index in [0.29, 0.717) is 6.79 Å². The monoisotopic (exact) mass is 519 g/mol. The molecule has 0 amide bonds. The van der Waals surface area contributed by atoms with E-state index in [2.05, 4.69) is 27.8 Å². The van der Waals surface area contributed by atoms with E-state index in [0.717, 1.165) is 82.7 Å². The average Bonchev–Trinajstić information content (AvgIpc) is 3.21. The van der Waals surface area contributed by atoms with E-state index >= 15 is 0 Å². The lowest BCUT2D eigenvalue weighted by Gasteiger charge is -2.38. The number of rotatable bonds is 9.